The van der Waals surface area contributed by atoms with E-state index in [0.717, 1.165) is 4.88 Å². The lowest BCUT2D eigenvalue weighted by molar-refractivity contribution is -0.115. The summed E-state index contributed by atoms with van der Waals surface area (Å²) in [4.78, 5) is 29.3. The van der Waals surface area contributed by atoms with Crippen molar-refractivity contribution < 1.29 is 9.59 Å². The first-order valence-electron chi connectivity index (χ1n) is 8.36. The molecule has 28 heavy (non-hydrogen) atoms. The molecule has 8 nitrogen and oxygen atoms in total. The molecule has 0 unspecified atom stereocenters. The summed E-state index contributed by atoms with van der Waals surface area (Å²) in [6.45, 7) is 5.90. The number of rotatable bonds is 7. The van der Waals surface area contributed by atoms with Gasteiger partial charge in [0.2, 0.25) is 5.91 Å². The molecule has 1 aromatic carbocycles. The van der Waals surface area contributed by atoms with Crippen LogP contribution in [0, 0.1) is 11.7 Å². The molecule has 0 saturated carbocycles. The van der Waals surface area contributed by atoms with Crippen LogP contribution in [0.5, 0.6) is 0 Å². The monoisotopic (exact) mass is 414 g/mol. The lowest BCUT2D eigenvalue weighted by Crippen LogP contribution is -2.32. The van der Waals surface area contributed by atoms with Gasteiger partial charge in [-0.3, -0.25) is 19.3 Å². The molecular formula is C18H18N6O2S2. The lowest BCUT2D eigenvalue weighted by Gasteiger charge is -2.05. The zero-order valence-corrected chi connectivity index (χ0v) is 16.7. The fourth-order valence-electron chi connectivity index (χ4n) is 2.46. The minimum atomic E-state index is -0.366. The molecule has 2 aromatic heterocycles. The van der Waals surface area contributed by atoms with Gasteiger partial charge in [0, 0.05) is 12.1 Å². The summed E-state index contributed by atoms with van der Waals surface area (Å²) < 4.78 is 2.28. The zero-order chi connectivity index (χ0) is 20.1. The van der Waals surface area contributed by atoms with Crippen LogP contribution in [0.4, 0.5) is 5.13 Å². The molecule has 0 bridgehead atoms. The fourth-order valence-corrected chi connectivity index (χ4v) is 3.65. The Hall–Kier alpha value is -3.11. The first-order valence-corrected chi connectivity index (χ1v) is 9.59. The van der Waals surface area contributed by atoms with E-state index in [4.69, 9.17) is 12.2 Å². The highest BCUT2D eigenvalue weighted by Crippen LogP contribution is 2.31. The Morgan fingerprint density at radius 3 is 2.82 bits per heavy atom. The van der Waals surface area contributed by atoms with Crippen molar-refractivity contribution in [1.29, 1.82) is 0 Å². The van der Waals surface area contributed by atoms with Gasteiger partial charge in [-0.1, -0.05) is 35.6 Å². The van der Waals surface area contributed by atoms with E-state index in [9.17, 15) is 9.59 Å². The largest absolute Gasteiger partial charge is 0.343 e. The summed E-state index contributed by atoms with van der Waals surface area (Å²) in [6.07, 6.45) is 1.73. The standard InChI is InChI=1S/C18H18N6O2S2/c1-3-9-24-15(22-23-18(24)27)14-11(2)20-17(28-14)21-13(25)10-19-16(26)12-7-5-4-6-8-12/h3-8H,1,9-10H2,2H3,(H,19,26)(H,23,27)(H,20,21,25). The molecule has 0 fully saturated rings. The van der Waals surface area contributed by atoms with Crippen LogP contribution in [-0.2, 0) is 11.3 Å². The van der Waals surface area contributed by atoms with Crippen molar-refractivity contribution in [3.8, 4) is 10.7 Å². The van der Waals surface area contributed by atoms with E-state index in [1.54, 1.807) is 34.9 Å². The molecule has 0 aliphatic heterocycles. The summed E-state index contributed by atoms with van der Waals surface area (Å²) >= 11 is 6.51. The number of carbonyl (C=O) groups is 2. The molecule has 0 aliphatic carbocycles. The summed E-state index contributed by atoms with van der Waals surface area (Å²) in [7, 11) is 0. The summed E-state index contributed by atoms with van der Waals surface area (Å²) in [5.74, 6) is -0.0426. The maximum atomic E-state index is 12.2. The Balaban J connectivity index is 1.67. The van der Waals surface area contributed by atoms with Crippen molar-refractivity contribution in [2.45, 2.75) is 13.5 Å². The molecule has 0 saturated heterocycles. The van der Waals surface area contributed by atoms with Crippen LogP contribution in [0.1, 0.15) is 16.1 Å². The number of nitrogens with one attached hydrogen (secondary N) is 3. The molecule has 3 aromatic rings. The van der Waals surface area contributed by atoms with Crippen molar-refractivity contribution in [1.82, 2.24) is 25.1 Å². The predicted molar refractivity (Wildman–Crippen MR) is 111 cm³/mol. The summed E-state index contributed by atoms with van der Waals surface area (Å²) in [5.41, 5.74) is 1.21. The molecule has 0 atom stereocenters. The number of hydrogen-bond acceptors (Lipinski definition) is 6. The van der Waals surface area contributed by atoms with E-state index in [1.165, 1.54) is 11.3 Å². The van der Waals surface area contributed by atoms with Crippen LogP contribution in [0.3, 0.4) is 0 Å². The van der Waals surface area contributed by atoms with Gasteiger partial charge >= 0.3 is 0 Å². The number of H-pyrrole nitrogens is 1. The maximum absolute atomic E-state index is 12.2. The van der Waals surface area contributed by atoms with Crippen molar-refractivity contribution in [3.63, 3.8) is 0 Å². The van der Waals surface area contributed by atoms with E-state index >= 15 is 0 Å². The van der Waals surface area contributed by atoms with Gasteiger partial charge in [0.15, 0.2) is 15.7 Å². The molecule has 0 aliphatic rings. The number of aromatic amines is 1. The van der Waals surface area contributed by atoms with Crippen LogP contribution in [0.25, 0.3) is 10.7 Å². The van der Waals surface area contributed by atoms with Crippen LogP contribution < -0.4 is 10.6 Å². The van der Waals surface area contributed by atoms with Crippen LogP contribution in [0.2, 0.25) is 0 Å². The number of amides is 2. The average Bonchev–Trinajstić information content (AvgIpc) is 3.23. The predicted octanol–water partition coefficient (Wildman–Crippen LogP) is 2.93. The second kappa shape index (κ2) is 8.72. The summed E-state index contributed by atoms with van der Waals surface area (Å²) in [6, 6.07) is 8.70. The van der Waals surface area contributed by atoms with Gasteiger partial charge in [-0.2, -0.15) is 5.10 Å². The van der Waals surface area contributed by atoms with E-state index in [0.29, 0.717) is 33.5 Å². The minimum Gasteiger partial charge on any atom is -0.343 e. The quantitative estimate of drug-likeness (QED) is 0.407. The Labute approximate surface area is 170 Å². The van der Waals surface area contributed by atoms with Gasteiger partial charge < -0.3 is 10.6 Å². The van der Waals surface area contributed by atoms with Crippen molar-refractivity contribution in [2.75, 3.05) is 11.9 Å². The van der Waals surface area contributed by atoms with Crippen LogP contribution in [0.15, 0.2) is 43.0 Å². The van der Waals surface area contributed by atoms with Gasteiger partial charge in [0.1, 0.15) is 0 Å². The normalized spacial score (nSPS) is 10.5. The third-order valence-electron chi connectivity index (χ3n) is 3.76. The zero-order valence-electron chi connectivity index (χ0n) is 15.1. The van der Waals surface area contributed by atoms with Crippen molar-refractivity contribution in [3.05, 3.63) is 59.0 Å². The number of benzene rings is 1. The molecule has 10 heteroatoms. The maximum Gasteiger partial charge on any atom is 0.251 e. The third kappa shape index (κ3) is 4.41. The first-order chi connectivity index (χ1) is 13.5. The minimum absolute atomic E-state index is 0.156. The molecule has 144 valence electrons. The number of aromatic nitrogens is 4. The molecule has 2 amide bonds. The van der Waals surface area contributed by atoms with Gasteiger partial charge in [-0.05, 0) is 31.3 Å². The van der Waals surface area contributed by atoms with E-state index in [1.807, 2.05) is 13.0 Å². The van der Waals surface area contributed by atoms with Gasteiger partial charge in [-0.15, -0.1) is 6.58 Å². The number of allylic oxidation sites excluding steroid dienone is 1. The van der Waals surface area contributed by atoms with Gasteiger partial charge in [-0.25, -0.2) is 4.98 Å². The third-order valence-corrected chi connectivity index (χ3v) is 5.14. The molecule has 0 spiro atoms. The second-order valence-corrected chi connectivity index (χ2v) is 7.17. The Kier molecular flexibility index (Phi) is 6.12. The van der Waals surface area contributed by atoms with Gasteiger partial charge in [0.25, 0.3) is 5.91 Å². The Morgan fingerprint density at radius 1 is 1.36 bits per heavy atom. The highest BCUT2D eigenvalue weighted by molar-refractivity contribution is 7.71. The lowest BCUT2D eigenvalue weighted by atomic mass is 10.2. The number of nitrogens with zero attached hydrogens (tertiary/aromatic N) is 3. The van der Waals surface area contributed by atoms with Crippen molar-refractivity contribution >= 4 is 40.5 Å². The number of hydrogen-bond donors (Lipinski definition) is 3. The Bertz CT molecular complexity index is 1070. The van der Waals surface area contributed by atoms with Crippen LogP contribution in [-0.4, -0.2) is 38.1 Å². The first kappa shape index (κ1) is 19.6. The summed E-state index contributed by atoms with van der Waals surface area (Å²) in [5, 5.41) is 12.7. The molecule has 2 heterocycles. The Morgan fingerprint density at radius 2 is 2.11 bits per heavy atom. The van der Waals surface area contributed by atoms with Gasteiger partial charge in [0.05, 0.1) is 17.1 Å². The topological polar surface area (TPSA) is 105 Å². The number of aryl methyl sites for hydroxylation is 1. The van der Waals surface area contributed by atoms with Crippen LogP contribution >= 0.6 is 23.6 Å². The average molecular weight is 415 g/mol. The highest BCUT2D eigenvalue weighted by atomic mass is 32.1. The van der Waals surface area contributed by atoms with E-state index < -0.39 is 0 Å². The van der Waals surface area contributed by atoms with E-state index in [2.05, 4.69) is 32.4 Å². The molecular weight excluding hydrogens is 396 g/mol. The highest BCUT2D eigenvalue weighted by Gasteiger charge is 2.17. The SMILES string of the molecule is C=CCn1c(-c2sc(NC(=O)CNC(=O)c3ccccc3)nc2C)n[nH]c1=S. The van der Waals surface area contributed by atoms with E-state index in [-0.39, 0.29) is 18.4 Å². The fraction of sp³-hybridized carbons (Fsp3) is 0.167. The molecule has 0 radical (unpaired) electrons. The number of anilines is 1. The van der Waals surface area contributed by atoms with Crippen molar-refractivity contribution in [2.24, 2.45) is 0 Å². The molecule has 3 rings (SSSR count). The number of carbonyl (C=O) groups excluding carboxylic acids is 2. The smallest absolute Gasteiger partial charge is 0.251 e. The molecule has 3 N–H and O–H groups in total. The number of thiazole rings is 1. The second-order valence-electron chi connectivity index (χ2n) is 5.78.